The maximum atomic E-state index is 12.3. The van der Waals surface area contributed by atoms with Crippen LogP contribution in [0, 0.1) is 18.3 Å². The van der Waals surface area contributed by atoms with Crippen molar-refractivity contribution in [2.75, 3.05) is 13.1 Å². The zero-order valence-corrected chi connectivity index (χ0v) is 13.4. The zero-order valence-electron chi connectivity index (χ0n) is 11.8. The van der Waals surface area contributed by atoms with E-state index in [2.05, 4.69) is 45.6 Å². The molecule has 0 radical (unpaired) electrons. The Morgan fingerprint density at radius 3 is 2.90 bits per heavy atom. The van der Waals surface area contributed by atoms with Crippen LogP contribution < -0.4 is 10.6 Å². The molecule has 1 aromatic carbocycles. The summed E-state index contributed by atoms with van der Waals surface area (Å²) in [5, 5.41) is 6.49. The summed E-state index contributed by atoms with van der Waals surface area (Å²) in [5.74, 6) is 0.495. The smallest absolute Gasteiger partial charge is 0.223 e. The number of carbonyl (C=O) groups excluding carboxylic acids is 1. The van der Waals surface area contributed by atoms with Crippen molar-refractivity contribution < 1.29 is 4.79 Å². The zero-order chi connectivity index (χ0) is 14.2. The molecule has 0 bridgehead atoms. The van der Waals surface area contributed by atoms with Gasteiger partial charge in [-0.05, 0) is 68.0 Å². The van der Waals surface area contributed by atoms with Crippen molar-refractivity contribution in [3.05, 3.63) is 33.8 Å². The minimum Gasteiger partial charge on any atom is -0.352 e. The third-order valence-electron chi connectivity index (χ3n) is 4.86. The van der Waals surface area contributed by atoms with Crippen molar-refractivity contribution in [1.29, 1.82) is 0 Å². The van der Waals surface area contributed by atoms with Crippen LogP contribution in [0.5, 0.6) is 0 Å². The molecule has 1 aromatic rings. The third-order valence-corrected chi connectivity index (χ3v) is 5.36. The van der Waals surface area contributed by atoms with Crippen LogP contribution in [0.1, 0.15) is 30.4 Å². The molecule has 1 amide bonds. The van der Waals surface area contributed by atoms with Crippen molar-refractivity contribution in [3.8, 4) is 0 Å². The normalized spacial score (nSPS) is 23.6. The van der Waals surface area contributed by atoms with Crippen molar-refractivity contribution in [1.82, 2.24) is 10.6 Å². The Balaban J connectivity index is 1.55. The Labute approximate surface area is 128 Å². The predicted molar refractivity (Wildman–Crippen MR) is 83.4 cm³/mol. The number of amides is 1. The second kappa shape index (κ2) is 5.49. The van der Waals surface area contributed by atoms with Crippen LogP contribution in [-0.4, -0.2) is 19.0 Å². The minimum absolute atomic E-state index is 0.245. The Hall–Kier alpha value is -0.870. The molecule has 1 aliphatic carbocycles. The molecule has 1 heterocycles. The number of nitrogens with one attached hydrogen (secondary N) is 2. The molecule has 2 N–H and O–H groups in total. The summed E-state index contributed by atoms with van der Waals surface area (Å²) in [4.78, 5) is 12.3. The first kappa shape index (κ1) is 14.1. The summed E-state index contributed by atoms with van der Waals surface area (Å²) in [6.45, 7) is 4.85. The van der Waals surface area contributed by atoms with E-state index in [4.69, 9.17) is 0 Å². The number of carbonyl (C=O) groups is 1. The van der Waals surface area contributed by atoms with E-state index in [1.165, 1.54) is 11.1 Å². The van der Waals surface area contributed by atoms with E-state index in [9.17, 15) is 4.79 Å². The minimum atomic E-state index is 0.245. The van der Waals surface area contributed by atoms with E-state index < -0.39 is 0 Å². The molecule has 108 valence electrons. The lowest BCUT2D eigenvalue weighted by Crippen LogP contribution is -2.33. The van der Waals surface area contributed by atoms with E-state index in [1.54, 1.807) is 0 Å². The summed E-state index contributed by atoms with van der Waals surface area (Å²) in [5.41, 5.74) is 2.73. The SMILES string of the molecule is Cc1cc(Br)ccc1CNC(=O)C1CC12CCNCC2. The highest BCUT2D eigenvalue weighted by Gasteiger charge is 2.57. The quantitative estimate of drug-likeness (QED) is 0.891. The standard InChI is InChI=1S/C16H21BrN2O/c1-11-8-13(17)3-2-12(11)10-19-15(20)14-9-16(14)4-6-18-7-5-16/h2-3,8,14,18H,4-7,9-10H2,1H3,(H,19,20). The molecule has 3 rings (SSSR count). The van der Waals surface area contributed by atoms with Crippen LogP contribution in [0.15, 0.2) is 22.7 Å². The molecule has 1 saturated carbocycles. The van der Waals surface area contributed by atoms with Crippen LogP contribution >= 0.6 is 15.9 Å². The molecule has 1 spiro atoms. The summed E-state index contributed by atoms with van der Waals surface area (Å²) < 4.78 is 1.08. The fraction of sp³-hybridized carbons (Fsp3) is 0.562. The number of rotatable bonds is 3. The van der Waals surface area contributed by atoms with Crippen LogP contribution in [-0.2, 0) is 11.3 Å². The van der Waals surface area contributed by atoms with Crippen molar-refractivity contribution in [2.45, 2.75) is 32.7 Å². The summed E-state index contributed by atoms with van der Waals surface area (Å²) in [7, 11) is 0. The highest BCUT2D eigenvalue weighted by Crippen LogP contribution is 2.58. The fourth-order valence-electron chi connectivity index (χ4n) is 3.36. The van der Waals surface area contributed by atoms with Crippen LogP contribution in [0.4, 0.5) is 0 Å². The number of hydrogen-bond donors (Lipinski definition) is 2. The maximum Gasteiger partial charge on any atom is 0.223 e. The molecule has 2 fully saturated rings. The van der Waals surface area contributed by atoms with Gasteiger partial charge in [0.1, 0.15) is 0 Å². The molecule has 1 aliphatic heterocycles. The molecule has 1 atom stereocenters. The maximum absolute atomic E-state index is 12.3. The van der Waals surface area contributed by atoms with Gasteiger partial charge in [0.15, 0.2) is 0 Å². The third kappa shape index (κ3) is 2.77. The predicted octanol–water partition coefficient (Wildman–Crippen LogP) is 2.76. The molecular weight excluding hydrogens is 316 g/mol. The molecule has 2 aliphatic rings. The number of benzene rings is 1. The lowest BCUT2D eigenvalue weighted by molar-refractivity contribution is -0.123. The van der Waals surface area contributed by atoms with Gasteiger partial charge in [0.2, 0.25) is 5.91 Å². The topological polar surface area (TPSA) is 41.1 Å². The lowest BCUT2D eigenvalue weighted by Gasteiger charge is -2.23. The first-order valence-corrected chi connectivity index (χ1v) is 8.13. The highest BCUT2D eigenvalue weighted by molar-refractivity contribution is 9.10. The second-order valence-electron chi connectivity index (χ2n) is 6.16. The highest BCUT2D eigenvalue weighted by atomic mass is 79.9. The molecule has 1 saturated heterocycles. The molecular formula is C16H21BrN2O. The number of aryl methyl sites for hydroxylation is 1. The van der Waals surface area contributed by atoms with Gasteiger partial charge in [-0.2, -0.15) is 0 Å². The first-order valence-electron chi connectivity index (χ1n) is 7.34. The van der Waals surface area contributed by atoms with Crippen molar-refractivity contribution >= 4 is 21.8 Å². The van der Waals surface area contributed by atoms with Crippen molar-refractivity contribution in [2.24, 2.45) is 11.3 Å². The second-order valence-corrected chi connectivity index (χ2v) is 7.07. The lowest BCUT2D eigenvalue weighted by atomic mass is 9.92. The number of piperidine rings is 1. The Kier molecular flexibility index (Phi) is 3.87. The van der Waals surface area contributed by atoms with E-state index in [-0.39, 0.29) is 11.8 Å². The van der Waals surface area contributed by atoms with Gasteiger partial charge < -0.3 is 10.6 Å². The van der Waals surface area contributed by atoms with Gasteiger partial charge in [-0.25, -0.2) is 0 Å². The van der Waals surface area contributed by atoms with Gasteiger partial charge in [0.25, 0.3) is 0 Å². The van der Waals surface area contributed by atoms with Crippen molar-refractivity contribution in [3.63, 3.8) is 0 Å². The Morgan fingerprint density at radius 1 is 1.45 bits per heavy atom. The van der Waals surface area contributed by atoms with Crippen LogP contribution in [0.2, 0.25) is 0 Å². The summed E-state index contributed by atoms with van der Waals surface area (Å²) in [6, 6.07) is 6.19. The summed E-state index contributed by atoms with van der Waals surface area (Å²) in [6.07, 6.45) is 3.39. The van der Waals surface area contributed by atoms with Gasteiger partial charge in [-0.1, -0.05) is 22.0 Å². The Morgan fingerprint density at radius 2 is 2.20 bits per heavy atom. The van der Waals surface area contributed by atoms with Crippen LogP contribution in [0.25, 0.3) is 0 Å². The largest absolute Gasteiger partial charge is 0.352 e. The molecule has 0 aromatic heterocycles. The average molecular weight is 337 g/mol. The van der Waals surface area contributed by atoms with E-state index in [1.807, 2.05) is 6.07 Å². The van der Waals surface area contributed by atoms with Gasteiger partial charge in [0, 0.05) is 16.9 Å². The van der Waals surface area contributed by atoms with Crippen LogP contribution in [0.3, 0.4) is 0 Å². The monoisotopic (exact) mass is 336 g/mol. The van der Waals surface area contributed by atoms with E-state index >= 15 is 0 Å². The fourth-order valence-corrected chi connectivity index (χ4v) is 3.83. The van der Waals surface area contributed by atoms with E-state index in [0.29, 0.717) is 12.0 Å². The molecule has 4 heteroatoms. The summed E-state index contributed by atoms with van der Waals surface area (Å²) >= 11 is 3.46. The van der Waals surface area contributed by atoms with Gasteiger partial charge in [-0.3, -0.25) is 4.79 Å². The molecule has 1 unspecified atom stereocenters. The van der Waals surface area contributed by atoms with Gasteiger partial charge in [-0.15, -0.1) is 0 Å². The number of hydrogen-bond acceptors (Lipinski definition) is 2. The molecule has 3 nitrogen and oxygen atoms in total. The van der Waals surface area contributed by atoms with Gasteiger partial charge >= 0.3 is 0 Å². The van der Waals surface area contributed by atoms with Gasteiger partial charge in [0.05, 0.1) is 0 Å². The number of halogens is 1. The van der Waals surface area contributed by atoms with E-state index in [0.717, 1.165) is 36.8 Å². The Bertz CT molecular complexity index is 523. The average Bonchev–Trinajstić information content (AvgIpc) is 3.12. The molecule has 20 heavy (non-hydrogen) atoms. The first-order chi connectivity index (χ1) is 9.61.